The van der Waals surface area contributed by atoms with Crippen molar-refractivity contribution in [3.63, 3.8) is 0 Å². The fraction of sp³-hybridized carbons (Fsp3) is 0.824. The number of nitrogens with zero attached hydrogens (tertiary/aromatic N) is 2. The average Bonchev–Trinajstić information content (AvgIpc) is 2.85. The Labute approximate surface area is 129 Å². The van der Waals surface area contributed by atoms with E-state index in [9.17, 15) is 0 Å². The maximum atomic E-state index is 6.08. The second-order valence-corrected chi connectivity index (χ2v) is 7.27. The van der Waals surface area contributed by atoms with Gasteiger partial charge in [0.15, 0.2) is 0 Å². The molecule has 1 unspecified atom stereocenters. The number of hydrogen-bond donors (Lipinski definition) is 1. The summed E-state index contributed by atoms with van der Waals surface area (Å²) in [7, 11) is 3.85. The van der Waals surface area contributed by atoms with Crippen molar-refractivity contribution < 1.29 is 4.74 Å². The van der Waals surface area contributed by atoms with Crippen LogP contribution in [0.4, 0.5) is 0 Å². The molecule has 1 N–H and O–H groups in total. The van der Waals surface area contributed by atoms with E-state index in [1.165, 1.54) is 18.4 Å². The minimum absolute atomic E-state index is 0.0403. The van der Waals surface area contributed by atoms with E-state index < -0.39 is 0 Å². The first kappa shape index (κ1) is 16.5. The van der Waals surface area contributed by atoms with Crippen molar-refractivity contribution in [1.29, 1.82) is 0 Å². The molecule has 1 atom stereocenters. The van der Waals surface area contributed by atoms with Crippen molar-refractivity contribution in [2.24, 2.45) is 12.5 Å². The summed E-state index contributed by atoms with van der Waals surface area (Å²) in [5.74, 6) is 0. The van der Waals surface area contributed by atoms with E-state index in [4.69, 9.17) is 4.74 Å². The van der Waals surface area contributed by atoms with Crippen LogP contribution in [0.15, 0.2) is 12.4 Å². The maximum absolute atomic E-state index is 6.08. The van der Waals surface area contributed by atoms with Gasteiger partial charge in [-0.25, -0.2) is 0 Å². The minimum atomic E-state index is -0.0403. The lowest BCUT2D eigenvalue weighted by atomic mass is 9.67. The van der Waals surface area contributed by atoms with Crippen molar-refractivity contribution in [2.45, 2.75) is 64.5 Å². The van der Waals surface area contributed by atoms with Gasteiger partial charge in [-0.05, 0) is 49.6 Å². The Morgan fingerprint density at radius 1 is 1.33 bits per heavy atom. The number of aromatic nitrogens is 2. The zero-order chi connectivity index (χ0) is 15.5. The summed E-state index contributed by atoms with van der Waals surface area (Å²) in [6, 6.07) is 0.354. The summed E-state index contributed by atoms with van der Waals surface area (Å²) in [6.07, 6.45) is 9.80. The number of aryl methyl sites for hydroxylation is 1. The Morgan fingerprint density at radius 2 is 2.00 bits per heavy atom. The number of nitrogens with one attached hydrogen (secondary N) is 1. The summed E-state index contributed by atoms with van der Waals surface area (Å²) in [6.45, 7) is 7.89. The zero-order valence-corrected chi connectivity index (χ0v) is 14.3. The second kappa shape index (κ2) is 6.49. The molecule has 0 spiro atoms. The van der Waals surface area contributed by atoms with Crippen LogP contribution in [-0.2, 0) is 18.2 Å². The van der Waals surface area contributed by atoms with Crippen molar-refractivity contribution in [3.05, 3.63) is 18.0 Å². The summed E-state index contributed by atoms with van der Waals surface area (Å²) >= 11 is 0. The van der Waals surface area contributed by atoms with Crippen LogP contribution in [0.5, 0.6) is 0 Å². The van der Waals surface area contributed by atoms with Gasteiger partial charge in [0.05, 0.1) is 11.8 Å². The van der Waals surface area contributed by atoms with Crippen LogP contribution in [-0.4, -0.2) is 35.1 Å². The van der Waals surface area contributed by atoms with E-state index in [0.29, 0.717) is 11.5 Å². The first-order chi connectivity index (χ1) is 9.91. The van der Waals surface area contributed by atoms with E-state index in [0.717, 1.165) is 25.8 Å². The number of hydrogen-bond acceptors (Lipinski definition) is 3. The molecular formula is C17H31N3O. The normalized spacial score (nSPS) is 22.1. The van der Waals surface area contributed by atoms with Gasteiger partial charge in [-0.1, -0.05) is 20.8 Å². The van der Waals surface area contributed by atoms with Crippen molar-refractivity contribution in [3.8, 4) is 0 Å². The highest BCUT2D eigenvalue weighted by Crippen LogP contribution is 2.43. The summed E-state index contributed by atoms with van der Waals surface area (Å²) in [5, 5.41) is 7.96. The Balaban J connectivity index is 2.14. The van der Waals surface area contributed by atoms with Gasteiger partial charge >= 0.3 is 0 Å². The van der Waals surface area contributed by atoms with Gasteiger partial charge in [0.25, 0.3) is 0 Å². The van der Waals surface area contributed by atoms with Gasteiger partial charge in [0, 0.05) is 26.4 Å². The largest absolute Gasteiger partial charge is 0.377 e. The van der Waals surface area contributed by atoms with Crippen LogP contribution in [0.2, 0.25) is 0 Å². The molecule has 1 aromatic heterocycles. The lowest BCUT2D eigenvalue weighted by molar-refractivity contribution is -0.0858. The smallest absolute Gasteiger partial charge is 0.0834 e. The van der Waals surface area contributed by atoms with Gasteiger partial charge in [-0.15, -0.1) is 0 Å². The van der Waals surface area contributed by atoms with Crippen molar-refractivity contribution >= 4 is 0 Å². The molecule has 0 radical (unpaired) electrons. The van der Waals surface area contributed by atoms with Crippen LogP contribution >= 0.6 is 0 Å². The van der Waals surface area contributed by atoms with E-state index >= 15 is 0 Å². The summed E-state index contributed by atoms with van der Waals surface area (Å²) < 4.78 is 7.95. The predicted molar refractivity (Wildman–Crippen MR) is 86.4 cm³/mol. The first-order valence-corrected chi connectivity index (χ1v) is 8.17. The molecule has 1 aliphatic carbocycles. The molecule has 0 amide bonds. The minimum Gasteiger partial charge on any atom is -0.377 e. The SMILES string of the molecule is CCNC(Cc1cnn(C)c1)C1(OC)CCC(C)(C)CC1. The molecule has 1 aromatic rings. The molecule has 2 rings (SSSR count). The fourth-order valence-electron chi connectivity index (χ4n) is 3.55. The first-order valence-electron chi connectivity index (χ1n) is 8.17. The lowest BCUT2D eigenvalue weighted by Gasteiger charge is -2.47. The van der Waals surface area contributed by atoms with Crippen molar-refractivity contribution in [1.82, 2.24) is 15.1 Å². The molecule has 21 heavy (non-hydrogen) atoms. The summed E-state index contributed by atoms with van der Waals surface area (Å²) in [4.78, 5) is 0. The molecule has 4 nitrogen and oxygen atoms in total. The lowest BCUT2D eigenvalue weighted by Crippen LogP contribution is -2.55. The van der Waals surface area contributed by atoms with Gasteiger partial charge in [0.1, 0.15) is 0 Å². The van der Waals surface area contributed by atoms with Gasteiger partial charge in [-0.2, -0.15) is 5.10 Å². The maximum Gasteiger partial charge on any atom is 0.0834 e. The number of likely N-dealkylation sites (N-methyl/N-ethyl adjacent to an activating group) is 1. The number of rotatable bonds is 6. The molecule has 120 valence electrons. The van der Waals surface area contributed by atoms with Crippen LogP contribution in [0.3, 0.4) is 0 Å². The number of ether oxygens (including phenoxy) is 1. The predicted octanol–water partition coefficient (Wildman–Crippen LogP) is 2.93. The van der Waals surface area contributed by atoms with Gasteiger partial charge in [0.2, 0.25) is 0 Å². The highest BCUT2D eigenvalue weighted by atomic mass is 16.5. The highest BCUT2D eigenvalue weighted by Gasteiger charge is 2.43. The van der Waals surface area contributed by atoms with Crippen LogP contribution in [0.1, 0.15) is 52.0 Å². The third kappa shape index (κ3) is 3.86. The van der Waals surface area contributed by atoms with E-state index in [-0.39, 0.29) is 5.60 Å². The molecular weight excluding hydrogens is 262 g/mol. The third-order valence-electron chi connectivity index (χ3n) is 5.14. The molecule has 0 aromatic carbocycles. The Hall–Kier alpha value is -0.870. The van der Waals surface area contributed by atoms with Crippen LogP contribution in [0, 0.1) is 5.41 Å². The highest BCUT2D eigenvalue weighted by molar-refractivity contribution is 5.10. The average molecular weight is 293 g/mol. The van der Waals surface area contributed by atoms with E-state index in [1.807, 2.05) is 25.0 Å². The molecule has 1 saturated carbocycles. The molecule has 4 heteroatoms. The molecule has 0 aliphatic heterocycles. The third-order valence-corrected chi connectivity index (χ3v) is 5.14. The second-order valence-electron chi connectivity index (χ2n) is 7.27. The molecule has 0 bridgehead atoms. The fourth-order valence-corrected chi connectivity index (χ4v) is 3.55. The monoisotopic (exact) mass is 293 g/mol. The summed E-state index contributed by atoms with van der Waals surface area (Å²) in [5.41, 5.74) is 1.69. The van der Waals surface area contributed by atoms with E-state index in [1.54, 1.807) is 0 Å². The Morgan fingerprint density at radius 3 is 2.48 bits per heavy atom. The zero-order valence-electron chi connectivity index (χ0n) is 14.3. The Kier molecular flexibility index (Phi) is 5.10. The quantitative estimate of drug-likeness (QED) is 0.876. The standard InChI is InChI=1S/C17H31N3O/c1-6-18-15(11-14-12-19-20(4)13-14)17(21-5)9-7-16(2,3)8-10-17/h12-13,15,18H,6-11H2,1-5H3. The topological polar surface area (TPSA) is 39.1 Å². The molecule has 1 heterocycles. The van der Waals surface area contributed by atoms with E-state index in [2.05, 4.69) is 37.4 Å². The number of methoxy groups -OCH3 is 1. The van der Waals surface area contributed by atoms with Gasteiger partial charge < -0.3 is 10.1 Å². The molecule has 1 aliphatic rings. The van der Waals surface area contributed by atoms with Crippen LogP contribution < -0.4 is 5.32 Å². The molecule has 0 saturated heterocycles. The Bertz CT molecular complexity index is 443. The van der Waals surface area contributed by atoms with Gasteiger partial charge in [-0.3, -0.25) is 4.68 Å². The van der Waals surface area contributed by atoms with Crippen LogP contribution in [0.25, 0.3) is 0 Å². The van der Waals surface area contributed by atoms with Crippen molar-refractivity contribution in [2.75, 3.05) is 13.7 Å². The molecule has 1 fully saturated rings.